The summed E-state index contributed by atoms with van der Waals surface area (Å²) in [5.74, 6) is 0.366. The summed E-state index contributed by atoms with van der Waals surface area (Å²) >= 11 is 0. The average molecular weight is 379 g/mol. The van der Waals surface area contributed by atoms with E-state index in [1.54, 1.807) is 31.4 Å². The Bertz CT molecular complexity index is 955. The van der Waals surface area contributed by atoms with Crippen LogP contribution in [0.25, 0.3) is 0 Å². The van der Waals surface area contributed by atoms with E-state index in [2.05, 4.69) is 5.32 Å². The summed E-state index contributed by atoms with van der Waals surface area (Å²) in [7, 11) is 1.81. The lowest BCUT2D eigenvalue weighted by Crippen LogP contribution is -2.34. The molecule has 0 spiro atoms. The summed E-state index contributed by atoms with van der Waals surface area (Å²) in [6, 6.07) is 17.0. The van der Waals surface area contributed by atoms with Gasteiger partial charge in [0.1, 0.15) is 17.5 Å². The third-order valence-electron chi connectivity index (χ3n) is 4.40. The number of nitrogens with one attached hydrogen (secondary N) is 1. The number of nitro benzene ring substituents is 1. The number of anilines is 1. The van der Waals surface area contributed by atoms with Crippen molar-refractivity contribution < 1.29 is 14.1 Å². The Morgan fingerprint density at radius 1 is 1.18 bits per heavy atom. The maximum atomic E-state index is 13.1. The molecule has 0 saturated carbocycles. The first kappa shape index (κ1) is 19.3. The van der Waals surface area contributed by atoms with Crippen molar-refractivity contribution >= 4 is 17.3 Å². The number of amides is 1. The normalized spacial score (nSPS) is 12.0. The number of likely N-dealkylation sites (N-methyl/N-ethyl adjacent to an activating group) is 1. The van der Waals surface area contributed by atoms with Crippen molar-refractivity contribution in [2.45, 2.75) is 19.5 Å². The summed E-state index contributed by atoms with van der Waals surface area (Å²) in [5, 5.41) is 14.1. The third-order valence-corrected chi connectivity index (χ3v) is 4.40. The van der Waals surface area contributed by atoms with Crippen LogP contribution >= 0.6 is 0 Å². The molecule has 144 valence electrons. The van der Waals surface area contributed by atoms with E-state index in [4.69, 9.17) is 4.42 Å². The Labute approximate surface area is 162 Å². The van der Waals surface area contributed by atoms with Gasteiger partial charge in [0, 0.05) is 6.07 Å². The summed E-state index contributed by atoms with van der Waals surface area (Å²) in [5.41, 5.74) is 1.57. The second-order valence-corrected chi connectivity index (χ2v) is 6.57. The van der Waals surface area contributed by atoms with Gasteiger partial charge in [-0.25, -0.2) is 0 Å². The topological polar surface area (TPSA) is 88.6 Å². The Hall–Kier alpha value is -3.45. The zero-order valence-corrected chi connectivity index (χ0v) is 15.7. The predicted molar refractivity (Wildman–Crippen MR) is 106 cm³/mol. The molecule has 1 atom stereocenters. The van der Waals surface area contributed by atoms with Crippen LogP contribution in [0, 0.1) is 17.0 Å². The van der Waals surface area contributed by atoms with E-state index in [1.165, 1.54) is 6.07 Å². The molecule has 0 aliphatic heterocycles. The number of carbonyl (C=O) groups excluding carboxylic acids is 1. The van der Waals surface area contributed by atoms with Crippen molar-refractivity contribution in [1.82, 2.24) is 4.90 Å². The van der Waals surface area contributed by atoms with Gasteiger partial charge in [0.15, 0.2) is 0 Å². The first-order valence-corrected chi connectivity index (χ1v) is 8.79. The number of carbonyl (C=O) groups is 1. The van der Waals surface area contributed by atoms with E-state index in [0.29, 0.717) is 6.54 Å². The van der Waals surface area contributed by atoms with Gasteiger partial charge in [0.05, 0.1) is 17.7 Å². The third kappa shape index (κ3) is 4.44. The lowest BCUT2D eigenvalue weighted by molar-refractivity contribution is -0.384. The highest BCUT2D eigenvalue weighted by Gasteiger charge is 2.27. The SMILES string of the molecule is Cc1ccc(NC(=O)[C@H](c2ccccc2)N(C)Cc2ccco2)c([N+](=O)[O-])c1. The van der Waals surface area contributed by atoms with E-state index < -0.39 is 11.0 Å². The molecule has 0 saturated heterocycles. The lowest BCUT2D eigenvalue weighted by atomic mass is 10.0. The Morgan fingerprint density at radius 3 is 2.57 bits per heavy atom. The number of benzene rings is 2. The molecule has 1 N–H and O–H groups in total. The van der Waals surface area contributed by atoms with Crippen molar-refractivity contribution in [1.29, 1.82) is 0 Å². The molecule has 3 aromatic rings. The fourth-order valence-electron chi connectivity index (χ4n) is 3.08. The largest absolute Gasteiger partial charge is 0.468 e. The molecule has 28 heavy (non-hydrogen) atoms. The molecule has 7 nitrogen and oxygen atoms in total. The highest BCUT2D eigenvalue weighted by molar-refractivity contribution is 5.97. The van der Waals surface area contributed by atoms with Crippen LogP contribution in [0.4, 0.5) is 11.4 Å². The van der Waals surface area contributed by atoms with Crippen LogP contribution in [0.1, 0.15) is 22.9 Å². The fourth-order valence-corrected chi connectivity index (χ4v) is 3.08. The molecular weight excluding hydrogens is 358 g/mol. The zero-order chi connectivity index (χ0) is 20.1. The molecular formula is C21H21N3O4. The maximum Gasteiger partial charge on any atom is 0.293 e. The summed E-state index contributed by atoms with van der Waals surface area (Å²) < 4.78 is 5.39. The quantitative estimate of drug-likeness (QED) is 0.488. The average Bonchev–Trinajstić information content (AvgIpc) is 3.17. The summed E-state index contributed by atoms with van der Waals surface area (Å²) in [4.78, 5) is 25.9. The molecule has 0 fully saturated rings. The van der Waals surface area contributed by atoms with Gasteiger partial charge in [-0.2, -0.15) is 0 Å². The molecule has 0 bridgehead atoms. The van der Waals surface area contributed by atoms with Gasteiger partial charge < -0.3 is 9.73 Å². The Morgan fingerprint density at radius 2 is 1.93 bits per heavy atom. The number of hydrogen-bond donors (Lipinski definition) is 1. The molecule has 3 rings (SSSR count). The van der Waals surface area contributed by atoms with Gasteiger partial charge in [0.2, 0.25) is 5.91 Å². The second-order valence-electron chi connectivity index (χ2n) is 6.57. The number of aryl methyl sites for hydroxylation is 1. The van der Waals surface area contributed by atoms with Crippen molar-refractivity contribution in [3.05, 3.63) is 93.9 Å². The van der Waals surface area contributed by atoms with Crippen molar-refractivity contribution in [2.75, 3.05) is 12.4 Å². The van der Waals surface area contributed by atoms with E-state index in [9.17, 15) is 14.9 Å². The predicted octanol–water partition coefficient (Wildman–Crippen LogP) is 4.31. The standard InChI is InChI=1S/C21H21N3O4/c1-15-10-11-18(19(13-15)24(26)27)22-21(25)20(16-7-4-3-5-8-16)23(2)14-17-9-6-12-28-17/h3-13,20H,14H2,1-2H3,(H,22,25)/t20-/m0/s1. The number of hydrogen-bond acceptors (Lipinski definition) is 5. The van der Waals surface area contributed by atoms with Crippen molar-refractivity contribution in [3.63, 3.8) is 0 Å². The van der Waals surface area contributed by atoms with Crippen LogP contribution in [0.3, 0.4) is 0 Å². The molecule has 1 aromatic heterocycles. The zero-order valence-electron chi connectivity index (χ0n) is 15.7. The highest BCUT2D eigenvalue weighted by atomic mass is 16.6. The molecule has 2 aromatic carbocycles. The van der Waals surface area contributed by atoms with Crippen LogP contribution in [0.5, 0.6) is 0 Å². The molecule has 0 aliphatic carbocycles. The molecule has 0 radical (unpaired) electrons. The number of furan rings is 1. The van der Waals surface area contributed by atoms with Gasteiger partial charge in [0.25, 0.3) is 5.69 Å². The van der Waals surface area contributed by atoms with Crippen molar-refractivity contribution in [2.24, 2.45) is 0 Å². The summed E-state index contributed by atoms with van der Waals surface area (Å²) in [6.45, 7) is 2.18. The molecule has 1 amide bonds. The first-order valence-electron chi connectivity index (χ1n) is 8.79. The first-order chi connectivity index (χ1) is 13.5. The molecule has 7 heteroatoms. The van der Waals surface area contributed by atoms with E-state index in [0.717, 1.165) is 16.9 Å². The van der Waals surface area contributed by atoms with Gasteiger partial charge in [-0.05, 0) is 43.3 Å². The monoisotopic (exact) mass is 379 g/mol. The van der Waals surface area contributed by atoms with Crippen LogP contribution in [0.2, 0.25) is 0 Å². The minimum Gasteiger partial charge on any atom is -0.468 e. The van der Waals surface area contributed by atoms with Crippen molar-refractivity contribution in [3.8, 4) is 0 Å². The number of nitrogens with zero attached hydrogens (tertiary/aromatic N) is 2. The van der Waals surface area contributed by atoms with E-state index in [1.807, 2.05) is 48.3 Å². The Kier molecular flexibility index (Phi) is 5.86. The van der Waals surface area contributed by atoms with Gasteiger partial charge in [-0.15, -0.1) is 0 Å². The van der Waals surface area contributed by atoms with Crippen LogP contribution in [0.15, 0.2) is 71.3 Å². The second kappa shape index (κ2) is 8.49. The molecule has 1 heterocycles. The minimum atomic E-state index is -0.646. The molecule has 0 unspecified atom stereocenters. The molecule has 0 aliphatic rings. The lowest BCUT2D eigenvalue weighted by Gasteiger charge is -2.26. The van der Waals surface area contributed by atoms with Crippen LogP contribution in [-0.2, 0) is 11.3 Å². The van der Waals surface area contributed by atoms with E-state index >= 15 is 0 Å². The van der Waals surface area contributed by atoms with E-state index in [-0.39, 0.29) is 17.3 Å². The fraction of sp³-hybridized carbons (Fsp3) is 0.190. The number of nitro groups is 1. The summed E-state index contributed by atoms with van der Waals surface area (Å²) in [6.07, 6.45) is 1.58. The van der Waals surface area contributed by atoms with Gasteiger partial charge in [-0.3, -0.25) is 19.8 Å². The smallest absolute Gasteiger partial charge is 0.293 e. The van der Waals surface area contributed by atoms with Gasteiger partial charge in [-0.1, -0.05) is 36.4 Å². The number of rotatable bonds is 7. The van der Waals surface area contributed by atoms with Gasteiger partial charge >= 0.3 is 0 Å². The minimum absolute atomic E-state index is 0.131. The highest BCUT2D eigenvalue weighted by Crippen LogP contribution is 2.28. The maximum absolute atomic E-state index is 13.1. The van der Waals surface area contributed by atoms with Crippen LogP contribution < -0.4 is 5.32 Å². The van der Waals surface area contributed by atoms with Crippen LogP contribution in [-0.4, -0.2) is 22.8 Å². The Balaban J connectivity index is 1.90.